The van der Waals surface area contributed by atoms with E-state index in [0.29, 0.717) is 0 Å². The molecule has 0 saturated heterocycles. The Balaban J connectivity index is 1.61. The molecule has 1 aromatic heterocycles. The predicted octanol–water partition coefficient (Wildman–Crippen LogP) is 4.84. The number of aromatic nitrogens is 1. The van der Waals surface area contributed by atoms with Crippen molar-refractivity contribution in [2.75, 3.05) is 5.32 Å². The summed E-state index contributed by atoms with van der Waals surface area (Å²) in [5.74, 6) is 0. The zero-order valence-corrected chi connectivity index (χ0v) is 13.5. The molecule has 1 heterocycles. The second kappa shape index (κ2) is 5.35. The fourth-order valence-electron chi connectivity index (χ4n) is 3.69. The first-order valence-electron chi connectivity index (χ1n) is 8.39. The standard InChI is InChI=1S/C22H16N2O/c25-22-19-9-5-4-8-18(19)20-13-14-12-16(10-11-17(14)21(20)24-22)23-15-6-2-1-3-7-15/h1-12,23H,13H2,(H,24,25). The van der Waals surface area contributed by atoms with E-state index < -0.39 is 0 Å². The Morgan fingerprint density at radius 2 is 1.56 bits per heavy atom. The van der Waals surface area contributed by atoms with Crippen molar-refractivity contribution in [1.29, 1.82) is 0 Å². The molecule has 0 fully saturated rings. The lowest BCUT2D eigenvalue weighted by atomic mass is 10.0. The monoisotopic (exact) mass is 324 g/mol. The summed E-state index contributed by atoms with van der Waals surface area (Å²) in [4.78, 5) is 15.5. The highest BCUT2D eigenvalue weighted by Gasteiger charge is 2.22. The molecule has 3 nitrogen and oxygen atoms in total. The lowest BCUT2D eigenvalue weighted by molar-refractivity contribution is 1.23. The molecule has 1 aliphatic carbocycles. The molecule has 0 saturated carbocycles. The molecular weight excluding hydrogens is 308 g/mol. The van der Waals surface area contributed by atoms with Gasteiger partial charge in [0.05, 0.1) is 5.69 Å². The van der Waals surface area contributed by atoms with Crippen molar-refractivity contribution >= 4 is 22.1 Å². The van der Waals surface area contributed by atoms with Gasteiger partial charge in [-0.05, 0) is 46.8 Å². The SMILES string of the molecule is O=c1[nH]c2c(c3ccccc13)Cc1cc(Nc3ccccc3)ccc1-2. The van der Waals surface area contributed by atoms with Gasteiger partial charge in [-0.15, -0.1) is 0 Å². The molecule has 5 rings (SSSR count). The van der Waals surface area contributed by atoms with Crippen LogP contribution in [-0.2, 0) is 6.42 Å². The smallest absolute Gasteiger partial charge is 0.256 e. The average molecular weight is 324 g/mol. The molecule has 0 amide bonds. The zero-order valence-electron chi connectivity index (χ0n) is 13.5. The van der Waals surface area contributed by atoms with Crippen molar-refractivity contribution in [2.24, 2.45) is 0 Å². The first-order chi connectivity index (χ1) is 12.3. The van der Waals surface area contributed by atoms with Crippen LogP contribution >= 0.6 is 0 Å². The summed E-state index contributed by atoms with van der Waals surface area (Å²) in [6, 6.07) is 24.3. The maximum absolute atomic E-state index is 12.4. The van der Waals surface area contributed by atoms with Gasteiger partial charge in [-0.25, -0.2) is 0 Å². The molecule has 0 unspecified atom stereocenters. The lowest BCUT2D eigenvalue weighted by Gasteiger charge is -2.08. The third-order valence-corrected chi connectivity index (χ3v) is 4.84. The van der Waals surface area contributed by atoms with Crippen molar-refractivity contribution in [3.63, 3.8) is 0 Å². The highest BCUT2D eigenvalue weighted by Crippen LogP contribution is 2.39. The van der Waals surface area contributed by atoms with Crippen LogP contribution in [0.4, 0.5) is 11.4 Å². The fraction of sp³-hybridized carbons (Fsp3) is 0.0455. The van der Waals surface area contributed by atoms with Crippen LogP contribution in [0.15, 0.2) is 77.6 Å². The molecule has 3 heteroatoms. The summed E-state index contributed by atoms with van der Waals surface area (Å²) in [6.07, 6.45) is 0.840. The highest BCUT2D eigenvalue weighted by atomic mass is 16.1. The number of H-pyrrole nitrogens is 1. The molecule has 1 aliphatic rings. The molecular formula is C22H16N2O. The summed E-state index contributed by atoms with van der Waals surface area (Å²) < 4.78 is 0. The summed E-state index contributed by atoms with van der Waals surface area (Å²) in [7, 11) is 0. The highest BCUT2D eigenvalue weighted by molar-refractivity contribution is 5.93. The van der Waals surface area contributed by atoms with E-state index >= 15 is 0 Å². The van der Waals surface area contributed by atoms with Gasteiger partial charge < -0.3 is 10.3 Å². The van der Waals surface area contributed by atoms with E-state index in [-0.39, 0.29) is 5.56 Å². The van der Waals surface area contributed by atoms with Gasteiger partial charge in [0.1, 0.15) is 0 Å². The Morgan fingerprint density at radius 3 is 2.40 bits per heavy atom. The van der Waals surface area contributed by atoms with Gasteiger partial charge in [0, 0.05) is 28.7 Å². The average Bonchev–Trinajstić information content (AvgIpc) is 3.01. The first kappa shape index (κ1) is 14.1. The molecule has 0 bridgehead atoms. The number of rotatable bonds is 2. The number of hydrogen-bond acceptors (Lipinski definition) is 2. The maximum Gasteiger partial charge on any atom is 0.256 e. The van der Waals surface area contributed by atoms with Crippen LogP contribution in [0.25, 0.3) is 22.0 Å². The second-order valence-corrected chi connectivity index (χ2v) is 6.39. The minimum absolute atomic E-state index is 0.0197. The molecule has 0 radical (unpaired) electrons. The van der Waals surface area contributed by atoms with E-state index in [1.807, 2.05) is 54.6 Å². The van der Waals surface area contributed by atoms with E-state index in [1.165, 1.54) is 11.1 Å². The minimum atomic E-state index is -0.0197. The number of benzene rings is 3. The maximum atomic E-state index is 12.4. The van der Waals surface area contributed by atoms with Gasteiger partial charge in [-0.1, -0.05) is 42.5 Å². The summed E-state index contributed by atoms with van der Waals surface area (Å²) in [5.41, 5.74) is 6.64. The molecule has 2 N–H and O–H groups in total. The number of para-hydroxylation sites is 1. The van der Waals surface area contributed by atoms with E-state index in [2.05, 4.69) is 28.5 Å². The number of nitrogens with one attached hydrogen (secondary N) is 2. The Hall–Kier alpha value is -3.33. The van der Waals surface area contributed by atoms with E-state index in [1.54, 1.807) is 0 Å². The summed E-state index contributed by atoms with van der Waals surface area (Å²) in [5, 5.41) is 5.25. The minimum Gasteiger partial charge on any atom is -0.356 e. The third-order valence-electron chi connectivity index (χ3n) is 4.84. The van der Waals surface area contributed by atoms with Crippen molar-refractivity contribution in [3.8, 4) is 11.3 Å². The Morgan fingerprint density at radius 1 is 0.800 bits per heavy atom. The largest absolute Gasteiger partial charge is 0.356 e. The van der Waals surface area contributed by atoms with Crippen LogP contribution in [-0.4, -0.2) is 4.98 Å². The van der Waals surface area contributed by atoms with E-state index in [4.69, 9.17) is 0 Å². The second-order valence-electron chi connectivity index (χ2n) is 6.39. The first-order valence-corrected chi connectivity index (χ1v) is 8.39. The Bertz CT molecular complexity index is 1160. The molecule has 4 aromatic rings. The molecule has 25 heavy (non-hydrogen) atoms. The summed E-state index contributed by atoms with van der Waals surface area (Å²) in [6.45, 7) is 0. The van der Waals surface area contributed by atoms with Crippen molar-refractivity contribution in [3.05, 3.63) is 94.3 Å². The van der Waals surface area contributed by atoms with Gasteiger partial charge in [0.15, 0.2) is 0 Å². The summed E-state index contributed by atoms with van der Waals surface area (Å²) >= 11 is 0. The van der Waals surface area contributed by atoms with Crippen LogP contribution in [0.3, 0.4) is 0 Å². The number of pyridine rings is 1. The van der Waals surface area contributed by atoms with Crippen LogP contribution < -0.4 is 10.9 Å². The number of fused-ring (bicyclic) bond motifs is 5. The molecule has 3 aromatic carbocycles. The lowest BCUT2D eigenvalue weighted by Crippen LogP contribution is -2.08. The van der Waals surface area contributed by atoms with Crippen LogP contribution in [0, 0.1) is 0 Å². The molecule has 0 atom stereocenters. The third kappa shape index (κ3) is 2.24. The van der Waals surface area contributed by atoms with Crippen LogP contribution in [0.2, 0.25) is 0 Å². The van der Waals surface area contributed by atoms with Crippen LogP contribution in [0.1, 0.15) is 11.1 Å². The van der Waals surface area contributed by atoms with E-state index in [0.717, 1.165) is 39.8 Å². The number of hydrogen-bond donors (Lipinski definition) is 2. The van der Waals surface area contributed by atoms with Gasteiger partial charge >= 0.3 is 0 Å². The van der Waals surface area contributed by atoms with Gasteiger partial charge in [-0.2, -0.15) is 0 Å². The van der Waals surface area contributed by atoms with Crippen molar-refractivity contribution < 1.29 is 0 Å². The molecule has 120 valence electrons. The quantitative estimate of drug-likeness (QED) is 0.488. The van der Waals surface area contributed by atoms with Gasteiger partial charge in [0.2, 0.25) is 0 Å². The Kier molecular flexibility index (Phi) is 3.01. The van der Waals surface area contributed by atoms with Gasteiger partial charge in [0.25, 0.3) is 5.56 Å². The molecule has 0 aliphatic heterocycles. The number of aromatic amines is 1. The van der Waals surface area contributed by atoms with Crippen molar-refractivity contribution in [1.82, 2.24) is 4.98 Å². The Labute approximate surface area is 145 Å². The number of anilines is 2. The fourth-order valence-corrected chi connectivity index (χ4v) is 3.69. The van der Waals surface area contributed by atoms with E-state index in [9.17, 15) is 4.79 Å². The topological polar surface area (TPSA) is 44.9 Å². The van der Waals surface area contributed by atoms with Gasteiger partial charge in [-0.3, -0.25) is 4.79 Å². The van der Waals surface area contributed by atoms with Crippen molar-refractivity contribution in [2.45, 2.75) is 6.42 Å². The molecule has 0 spiro atoms. The zero-order chi connectivity index (χ0) is 16.8. The normalized spacial score (nSPS) is 12.0. The van der Waals surface area contributed by atoms with Crippen LogP contribution in [0.5, 0.6) is 0 Å². The predicted molar refractivity (Wildman–Crippen MR) is 103 cm³/mol.